The summed E-state index contributed by atoms with van der Waals surface area (Å²) in [4.78, 5) is 22.7. The predicted molar refractivity (Wildman–Crippen MR) is 69.9 cm³/mol. The Bertz CT molecular complexity index is 488. The van der Waals surface area contributed by atoms with Gasteiger partial charge < -0.3 is 10.5 Å². The Hall–Kier alpha value is -1.89. The maximum atomic E-state index is 11.6. The van der Waals surface area contributed by atoms with E-state index in [4.69, 9.17) is 5.73 Å². The molecule has 6 nitrogen and oxygen atoms in total. The maximum Gasteiger partial charge on any atom is 0.375 e. The quantitative estimate of drug-likeness (QED) is 0.377. The molecule has 3 N–H and O–H groups in total. The van der Waals surface area contributed by atoms with Gasteiger partial charge in [-0.15, -0.1) is 5.10 Å². The van der Waals surface area contributed by atoms with Gasteiger partial charge in [0, 0.05) is 10.0 Å². The second-order valence-electron chi connectivity index (χ2n) is 3.17. The highest BCUT2D eigenvalue weighted by Gasteiger charge is 2.09. The maximum absolute atomic E-state index is 11.6. The van der Waals surface area contributed by atoms with Gasteiger partial charge in [0.1, 0.15) is 0 Å². The summed E-state index contributed by atoms with van der Waals surface area (Å²) in [6.45, 7) is 1.83. The summed E-state index contributed by atoms with van der Waals surface area (Å²) >= 11 is 3.24. The number of amidine groups is 1. The highest BCUT2D eigenvalue weighted by Crippen LogP contribution is 2.11. The van der Waals surface area contributed by atoms with Crippen LogP contribution in [0.15, 0.2) is 33.8 Å². The summed E-state index contributed by atoms with van der Waals surface area (Å²) < 4.78 is 5.37. The number of nitrogens with zero attached hydrogens (tertiary/aromatic N) is 1. The van der Waals surface area contributed by atoms with Gasteiger partial charge in [-0.05, 0) is 25.1 Å². The number of nitrogens with one attached hydrogen (secondary N) is 1. The van der Waals surface area contributed by atoms with Crippen LogP contribution in [0.5, 0.6) is 0 Å². The normalized spacial score (nSPS) is 10.9. The first-order chi connectivity index (χ1) is 8.54. The van der Waals surface area contributed by atoms with E-state index in [1.165, 1.54) is 0 Å². The molecular weight excluding hydrogens is 302 g/mol. The number of carbonyl (C=O) groups is 2. The molecule has 0 atom stereocenters. The van der Waals surface area contributed by atoms with Crippen LogP contribution in [0.2, 0.25) is 0 Å². The van der Waals surface area contributed by atoms with Crippen molar-refractivity contribution in [3.05, 3.63) is 34.3 Å². The molecule has 0 heterocycles. The van der Waals surface area contributed by atoms with Gasteiger partial charge in [-0.3, -0.25) is 4.79 Å². The summed E-state index contributed by atoms with van der Waals surface area (Å²) in [6.07, 6.45) is 0. The highest BCUT2D eigenvalue weighted by molar-refractivity contribution is 9.10. The Morgan fingerprint density at radius 2 is 2.22 bits per heavy atom. The molecule has 0 spiro atoms. The monoisotopic (exact) mass is 313 g/mol. The number of hydrazone groups is 1. The van der Waals surface area contributed by atoms with Gasteiger partial charge in [0.2, 0.25) is 5.84 Å². The van der Waals surface area contributed by atoms with Crippen molar-refractivity contribution < 1.29 is 14.3 Å². The molecule has 0 radical (unpaired) electrons. The Kier molecular flexibility index (Phi) is 5.31. The largest absolute Gasteiger partial charge is 0.460 e. The molecule has 0 aliphatic rings. The number of hydrogen-bond donors (Lipinski definition) is 2. The van der Waals surface area contributed by atoms with Crippen LogP contribution in [0.1, 0.15) is 17.3 Å². The van der Waals surface area contributed by atoms with Crippen molar-refractivity contribution in [3.63, 3.8) is 0 Å². The Morgan fingerprint density at radius 1 is 1.50 bits per heavy atom. The van der Waals surface area contributed by atoms with Gasteiger partial charge in [-0.2, -0.15) is 0 Å². The van der Waals surface area contributed by atoms with Crippen molar-refractivity contribution in [3.8, 4) is 0 Å². The summed E-state index contributed by atoms with van der Waals surface area (Å²) in [5.74, 6) is -1.64. The van der Waals surface area contributed by atoms with Crippen molar-refractivity contribution in [2.24, 2.45) is 10.8 Å². The van der Waals surface area contributed by atoms with Crippen LogP contribution in [0.3, 0.4) is 0 Å². The van der Waals surface area contributed by atoms with E-state index in [0.717, 1.165) is 4.47 Å². The molecule has 1 rings (SSSR count). The van der Waals surface area contributed by atoms with E-state index < -0.39 is 17.7 Å². The van der Waals surface area contributed by atoms with Crippen LogP contribution in [-0.4, -0.2) is 24.3 Å². The van der Waals surface area contributed by atoms with Crippen molar-refractivity contribution in [1.82, 2.24) is 5.43 Å². The molecule has 0 saturated carbocycles. The number of esters is 1. The lowest BCUT2D eigenvalue weighted by molar-refractivity contribution is -0.135. The minimum Gasteiger partial charge on any atom is -0.460 e. The number of halogens is 1. The Balaban J connectivity index is 2.66. The average molecular weight is 314 g/mol. The van der Waals surface area contributed by atoms with E-state index in [9.17, 15) is 9.59 Å². The molecule has 7 heteroatoms. The first-order valence-electron chi connectivity index (χ1n) is 5.10. The number of benzene rings is 1. The zero-order valence-electron chi connectivity index (χ0n) is 9.64. The molecule has 0 fully saturated rings. The number of nitrogens with two attached hydrogens (primary N) is 1. The first-order valence-corrected chi connectivity index (χ1v) is 5.90. The van der Waals surface area contributed by atoms with Gasteiger partial charge in [0.15, 0.2) is 0 Å². The minimum absolute atomic E-state index is 0.189. The third-order valence-corrected chi connectivity index (χ3v) is 2.34. The first kappa shape index (κ1) is 14.2. The van der Waals surface area contributed by atoms with Gasteiger partial charge in [-0.1, -0.05) is 22.0 Å². The molecule has 0 aliphatic carbocycles. The molecule has 0 saturated heterocycles. The predicted octanol–water partition coefficient (Wildman–Crippen LogP) is 1.01. The van der Waals surface area contributed by atoms with Crippen molar-refractivity contribution in [2.45, 2.75) is 6.92 Å². The van der Waals surface area contributed by atoms with E-state index >= 15 is 0 Å². The van der Waals surface area contributed by atoms with Crippen LogP contribution in [0.25, 0.3) is 0 Å². The molecule has 1 amide bonds. The summed E-state index contributed by atoms with van der Waals surface area (Å²) in [5.41, 5.74) is 7.87. The highest BCUT2D eigenvalue weighted by atomic mass is 79.9. The van der Waals surface area contributed by atoms with Crippen LogP contribution in [0, 0.1) is 0 Å². The lowest BCUT2D eigenvalue weighted by atomic mass is 10.2. The number of ether oxygens (including phenoxy) is 1. The topological polar surface area (TPSA) is 93.8 Å². The van der Waals surface area contributed by atoms with E-state index in [0.29, 0.717) is 5.56 Å². The molecule has 1 aromatic carbocycles. The fraction of sp³-hybridized carbons (Fsp3) is 0.182. The standard InChI is InChI=1S/C11H12BrN3O3/c1-2-18-11(17)9(13)14-15-10(16)7-4-3-5-8(12)6-7/h3-6H,2H2,1H3,(H2,13,14)(H,15,16). The lowest BCUT2D eigenvalue weighted by Crippen LogP contribution is -2.30. The Morgan fingerprint density at radius 3 is 2.83 bits per heavy atom. The van der Waals surface area contributed by atoms with Crippen LogP contribution in [-0.2, 0) is 9.53 Å². The summed E-state index contributed by atoms with van der Waals surface area (Å²) in [5, 5.41) is 3.45. The zero-order chi connectivity index (χ0) is 13.5. The number of amides is 1. The number of hydrogen-bond acceptors (Lipinski definition) is 4. The van der Waals surface area contributed by atoms with Crippen LogP contribution >= 0.6 is 15.9 Å². The van der Waals surface area contributed by atoms with Gasteiger partial charge in [0.05, 0.1) is 6.61 Å². The summed E-state index contributed by atoms with van der Waals surface area (Å²) in [6, 6.07) is 6.71. The minimum atomic E-state index is -0.771. The fourth-order valence-corrected chi connectivity index (χ4v) is 1.46. The van der Waals surface area contributed by atoms with Gasteiger partial charge in [-0.25, -0.2) is 10.2 Å². The molecule has 18 heavy (non-hydrogen) atoms. The van der Waals surface area contributed by atoms with E-state index in [1.54, 1.807) is 31.2 Å². The molecule has 0 bridgehead atoms. The molecule has 0 aromatic heterocycles. The van der Waals surface area contributed by atoms with Crippen molar-refractivity contribution >= 4 is 33.6 Å². The van der Waals surface area contributed by atoms with E-state index in [2.05, 4.69) is 31.2 Å². The SMILES string of the molecule is CCOC(=O)C(N)=NNC(=O)c1cccc(Br)c1. The van der Waals surface area contributed by atoms with E-state index in [-0.39, 0.29) is 6.61 Å². The molecular formula is C11H12BrN3O3. The number of rotatable bonds is 3. The van der Waals surface area contributed by atoms with Gasteiger partial charge in [0.25, 0.3) is 5.91 Å². The van der Waals surface area contributed by atoms with Crippen molar-refractivity contribution in [2.75, 3.05) is 6.61 Å². The fourth-order valence-electron chi connectivity index (χ4n) is 1.06. The smallest absolute Gasteiger partial charge is 0.375 e. The third kappa shape index (κ3) is 4.17. The number of carbonyl (C=O) groups excluding carboxylic acids is 2. The van der Waals surface area contributed by atoms with E-state index in [1.807, 2.05) is 0 Å². The zero-order valence-corrected chi connectivity index (χ0v) is 11.2. The molecule has 0 aliphatic heterocycles. The molecule has 0 unspecified atom stereocenters. The lowest BCUT2D eigenvalue weighted by Gasteiger charge is -2.02. The third-order valence-electron chi connectivity index (χ3n) is 1.85. The average Bonchev–Trinajstić information content (AvgIpc) is 2.35. The van der Waals surface area contributed by atoms with Crippen LogP contribution in [0.4, 0.5) is 0 Å². The van der Waals surface area contributed by atoms with Crippen molar-refractivity contribution in [1.29, 1.82) is 0 Å². The van der Waals surface area contributed by atoms with Gasteiger partial charge >= 0.3 is 5.97 Å². The Labute approximate surface area is 112 Å². The molecule has 1 aromatic rings. The molecule has 96 valence electrons. The second kappa shape index (κ2) is 6.75. The second-order valence-corrected chi connectivity index (χ2v) is 4.08. The van der Waals surface area contributed by atoms with Crippen LogP contribution < -0.4 is 11.2 Å². The summed E-state index contributed by atoms with van der Waals surface area (Å²) in [7, 11) is 0.